The average Bonchev–Trinajstić information content (AvgIpc) is 3.00. The van der Waals surface area contributed by atoms with Crippen molar-refractivity contribution in [3.05, 3.63) is 11.6 Å². The van der Waals surface area contributed by atoms with Gasteiger partial charge in [0.25, 0.3) is 0 Å². The first-order valence-electron chi connectivity index (χ1n) is 14.1. The molecule has 14 N–H and O–H groups in total. The molecule has 0 aromatic rings. The Morgan fingerprint density at radius 3 is 1.73 bits per heavy atom. The summed E-state index contributed by atoms with van der Waals surface area (Å²) in [6.45, 7) is -0.753. The topological polar surface area (TPSA) is 321 Å². The number of aliphatic hydroxyl groups is 13. The Morgan fingerprint density at radius 2 is 1.16 bits per heavy atom. The van der Waals surface area contributed by atoms with E-state index in [0.29, 0.717) is 0 Å². The van der Waals surface area contributed by atoms with E-state index in [1.165, 1.54) is 13.0 Å². The predicted octanol–water partition coefficient (Wildman–Crippen LogP) is -8.56. The molecule has 0 amide bonds. The van der Waals surface area contributed by atoms with Gasteiger partial charge in [0, 0.05) is 0 Å². The summed E-state index contributed by atoms with van der Waals surface area (Å²) in [6, 6.07) is -2.17. The Morgan fingerprint density at radius 1 is 0.636 bits per heavy atom. The molecule has 4 rings (SSSR count). The van der Waals surface area contributed by atoms with E-state index in [0.717, 1.165) is 0 Å². The molecular formula is C25H43NO18. The van der Waals surface area contributed by atoms with Crippen molar-refractivity contribution in [2.75, 3.05) is 19.8 Å². The molecule has 19 atom stereocenters. The van der Waals surface area contributed by atoms with E-state index in [2.05, 4.69) is 5.32 Å². The molecule has 2 unspecified atom stereocenters. The van der Waals surface area contributed by atoms with Gasteiger partial charge in [-0.05, 0) is 12.5 Å². The summed E-state index contributed by atoms with van der Waals surface area (Å²) in [4.78, 5) is 0. The molecule has 0 radical (unpaired) electrons. The Hall–Kier alpha value is -1.02. The fraction of sp³-hybridized carbons (Fsp3) is 0.920. The molecule has 0 bridgehead atoms. The van der Waals surface area contributed by atoms with E-state index in [1.54, 1.807) is 0 Å². The van der Waals surface area contributed by atoms with Crippen LogP contribution in [0.3, 0.4) is 0 Å². The summed E-state index contributed by atoms with van der Waals surface area (Å²) in [7, 11) is 0. The van der Waals surface area contributed by atoms with Crippen LogP contribution in [0, 0.1) is 0 Å². The second-order valence-corrected chi connectivity index (χ2v) is 11.4. The molecular weight excluding hydrogens is 602 g/mol. The van der Waals surface area contributed by atoms with E-state index >= 15 is 0 Å². The maximum absolute atomic E-state index is 10.9. The van der Waals surface area contributed by atoms with Crippen molar-refractivity contribution in [1.82, 2.24) is 5.32 Å². The summed E-state index contributed by atoms with van der Waals surface area (Å²) in [6.07, 6.45) is -26.6. The Bertz CT molecular complexity index is 958. The Balaban J connectivity index is 1.42. The number of aliphatic hydroxyl groups excluding tert-OH is 13. The van der Waals surface area contributed by atoms with Gasteiger partial charge in [-0.3, -0.25) is 0 Å². The predicted molar refractivity (Wildman–Crippen MR) is 138 cm³/mol. The molecule has 0 aromatic carbocycles. The lowest BCUT2D eigenvalue weighted by Crippen LogP contribution is -2.68. The minimum atomic E-state index is -1.93. The SMILES string of the molecule is C[C@H]1O[C@H](O[C@H]2[C@H](O)[C@@H](O)[C@@H](OC3[C@@H](CO)OC(O)[C@H](O)[C@H]3O)O[C@@H]2CO)[C@H](O)[C@@H](O)[C@@H]1N[C@H]1C=C(CO)[C@@H](O)[C@H](O)[C@H]1O. The highest BCUT2D eigenvalue weighted by atomic mass is 16.7. The highest BCUT2D eigenvalue weighted by Gasteiger charge is 2.53. The van der Waals surface area contributed by atoms with Gasteiger partial charge >= 0.3 is 0 Å². The van der Waals surface area contributed by atoms with Crippen LogP contribution in [0.1, 0.15) is 6.92 Å². The zero-order valence-electron chi connectivity index (χ0n) is 23.5. The summed E-state index contributed by atoms with van der Waals surface area (Å²) in [5.74, 6) is 0. The van der Waals surface area contributed by atoms with Crippen molar-refractivity contribution in [3.63, 3.8) is 0 Å². The normalized spacial score (nSPS) is 52.0. The molecule has 0 aromatic heterocycles. The van der Waals surface area contributed by atoms with Crippen molar-refractivity contribution in [2.45, 2.75) is 123 Å². The fourth-order valence-electron chi connectivity index (χ4n) is 5.81. The van der Waals surface area contributed by atoms with Crippen LogP contribution >= 0.6 is 0 Å². The molecule has 4 aliphatic rings. The van der Waals surface area contributed by atoms with Crippen molar-refractivity contribution in [1.29, 1.82) is 0 Å². The average molecular weight is 646 g/mol. The lowest BCUT2D eigenvalue weighted by Gasteiger charge is -2.48. The monoisotopic (exact) mass is 645 g/mol. The Kier molecular flexibility index (Phi) is 12.1. The number of ether oxygens (including phenoxy) is 5. The van der Waals surface area contributed by atoms with Gasteiger partial charge in [0.05, 0.1) is 38.0 Å². The van der Waals surface area contributed by atoms with E-state index in [9.17, 15) is 66.4 Å². The van der Waals surface area contributed by atoms with Gasteiger partial charge in [-0.15, -0.1) is 0 Å². The summed E-state index contributed by atoms with van der Waals surface area (Å²) < 4.78 is 27.4. The number of rotatable bonds is 9. The number of hydrogen-bond donors (Lipinski definition) is 14. The zero-order valence-corrected chi connectivity index (χ0v) is 23.5. The van der Waals surface area contributed by atoms with Crippen molar-refractivity contribution in [3.8, 4) is 0 Å². The molecule has 256 valence electrons. The Labute approximate surface area is 250 Å². The first-order chi connectivity index (χ1) is 20.7. The van der Waals surface area contributed by atoms with Gasteiger partial charge in [-0.1, -0.05) is 6.08 Å². The molecule has 1 aliphatic carbocycles. The second-order valence-electron chi connectivity index (χ2n) is 11.4. The quantitative estimate of drug-likeness (QED) is 0.103. The van der Waals surface area contributed by atoms with Crippen LogP contribution in [-0.4, -0.2) is 203 Å². The van der Waals surface area contributed by atoms with Crippen molar-refractivity contribution < 1.29 is 90.1 Å². The lowest BCUT2D eigenvalue weighted by molar-refractivity contribution is -0.373. The van der Waals surface area contributed by atoms with E-state index in [-0.39, 0.29) is 5.57 Å². The number of hydrogen-bond acceptors (Lipinski definition) is 19. The largest absolute Gasteiger partial charge is 0.394 e. The molecule has 3 aliphatic heterocycles. The fourth-order valence-corrected chi connectivity index (χ4v) is 5.81. The van der Waals surface area contributed by atoms with Crippen LogP contribution in [0.15, 0.2) is 11.6 Å². The van der Waals surface area contributed by atoms with Gasteiger partial charge in [-0.2, -0.15) is 0 Å². The third kappa shape index (κ3) is 6.96. The van der Waals surface area contributed by atoms with Gasteiger partial charge in [-0.25, -0.2) is 0 Å². The van der Waals surface area contributed by atoms with E-state index in [4.69, 9.17) is 23.7 Å². The highest BCUT2D eigenvalue weighted by molar-refractivity contribution is 5.22. The first-order valence-corrected chi connectivity index (χ1v) is 14.1. The zero-order chi connectivity index (χ0) is 32.6. The molecule has 19 heteroatoms. The van der Waals surface area contributed by atoms with Crippen LogP contribution < -0.4 is 5.32 Å². The van der Waals surface area contributed by atoms with Crippen molar-refractivity contribution >= 4 is 0 Å². The van der Waals surface area contributed by atoms with Crippen LogP contribution in [0.25, 0.3) is 0 Å². The van der Waals surface area contributed by atoms with Crippen LogP contribution in [0.2, 0.25) is 0 Å². The molecule has 44 heavy (non-hydrogen) atoms. The lowest BCUT2D eigenvalue weighted by atomic mass is 9.86. The standard InChI is InChI=1S/C25H43NO18/c1-6-11(26-8-2-7(3-27)12(30)15(33)13(8)31)14(32)19(37)24(40-6)43-22-10(5-29)42-25(20(38)17(22)35)44-21-9(4-28)41-23(39)18(36)16(21)34/h2,6,8-39H,3-5H2,1H3/t6-,8+,9-,10-,11-,12-,13+,14+,15+,16-,17-,18-,19-,20-,21?,22-,23?,24-,25-/m1/s1. The summed E-state index contributed by atoms with van der Waals surface area (Å²) >= 11 is 0. The molecule has 3 fully saturated rings. The van der Waals surface area contributed by atoms with Crippen LogP contribution in [-0.2, 0) is 23.7 Å². The maximum Gasteiger partial charge on any atom is 0.187 e. The van der Waals surface area contributed by atoms with Gasteiger partial charge in [0.1, 0.15) is 79.4 Å². The third-order valence-corrected chi connectivity index (χ3v) is 8.48. The highest BCUT2D eigenvalue weighted by Crippen LogP contribution is 2.32. The smallest absolute Gasteiger partial charge is 0.187 e. The molecule has 19 nitrogen and oxygen atoms in total. The summed E-state index contributed by atoms with van der Waals surface area (Å²) in [5.41, 5.74) is 0.0225. The summed E-state index contributed by atoms with van der Waals surface area (Å²) in [5, 5.41) is 136. The minimum Gasteiger partial charge on any atom is -0.394 e. The van der Waals surface area contributed by atoms with Gasteiger partial charge < -0.3 is 95.4 Å². The van der Waals surface area contributed by atoms with Crippen LogP contribution in [0.4, 0.5) is 0 Å². The second kappa shape index (κ2) is 14.8. The number of nitrogens with one attached hydrogen (secondary N) is 1. The van der Waals surface area contributed by atoms with Gasteiger partial charge in [0.2, 0.25) is 0 Å². The van der Waals surface area contributed by atoms with Gasteiger partial charge in [0.15, 0.2) is 18.9 Å². The van der Waals surface area contributed by atoms with Crippen molar-refractivity contribution in [2.24, 2.45) is 0 Å². The molecule has 0 spiro atoms. The maximum atomic E-state index is 10.9. The third-order valence-electron chi connectivity index (χ3n) is 8.48. The minimum absolute atomic E-state index is 0.0225. The van der Waals surface area contributed by atoms with Crippen LogP contribution in [0.5, 0.6) is 0 Å². The molecule has 3 saturated heterocycles. The molecule has 0 saturated carbocycles. The van der Waals surface area contributed by atoms with E-state index in [1.807, 2.05) is 0 Å². The van der Waals surface area contributed by atoms with E-state index < -0.39 is 136 Å². The molecule has 3 heterocycles. The first kappa shape index (κ1) is 35.8.